The van der Waals surface area contributed by atoms with Crippen LogP contribution in [-0.2, 0) is 20.4 Å². The van der Waals surface area contributed by atoms with Gasteiger partial charge in [0.25, 0.3) is 0 Å². The molecule has 1 aromatic carbocycles. The number of allylic oxidation sites excluding steroid dienone is 4. The number of hydrogen-bond donors (Lipinski definition) is 0. The second-order valence-electron chi connectivity index (χ2n) is 8.08. The van der Waals surface area contributed by atoms with Crippen molar-refractivity contribution in [2.24, 2.45) is 5.92 Å². The number of rotatable bonds is 6. The molecule has 0 saturated heterocycles. The van der Waals surface area contributed by atoms with Crippen LogP contribution in [-0.4, -0.2) is 8.07 Å². The van der Waals surface area contributed by atoms with Gasteiger partial charge in [0.2, 0.25) is 0 Å². The van der Waals surface area contributed by atoms with E-state index in [0.717, 1.165) is 0 Å². The molecule has 0 bridgehead atoms. The van der Waals surface area contributed by atoms with Crippen molar-refractivity contribution in [1.82, 2.24) is 0 Å². The van der Waals surface area contributed by atoms with Gasteiger partial charge in [-0.15, -0.1) is 0 Å². The summed E-state index contributed by atoms with van der Waals surface area (Å²) in [7, 11) is -1.70. The molecule has 0 radical (unpaired) electrons. The maximum absolute atomic E-state index is 2.65. The third-order valence-electron chi connectivity index (χ3n) is 5.55. The van der Waals surface area contributed by atoms with Crippen molar-refractivity contribution in [2.75, 3.05) is 0 Å². The Morgan fingerprint density at radius 2 is 1.56 bits per heavy atom. The van der Waals surface area contributed by atoms with Crippen LogP contribution >= 0.6 is 0 Å². The fraction of sp³-hybridized carbons (Fsp3) is 0.545. The number of unbranched alkanes of at least 4 members (excludes halogenated alkanes) is 1. The standard InChI is InChI=1S/C22H33Si.3ClH.Ti/c1-8-9-13-23(7,21-12-10-11-20(21)16(2)3)22-18(5)14-17(4)15-19(22)6;;;;/h11,14-16H,8-10,13H2,1-7H3;3*1H;/q;;;;+3/p-3. The van der Waals surface area contributed by atoms with Crippen molar-refractivity contribution in [2.45, 2.75) is 73.4 Å². The normalized spacial score (nSPS) is 15.6. The van der Waals surface area contributed by atoms with E-state index < -0.39 is 8.07 Å². The molecule has 1 aliphatic rings. The Kier molecular flexibility index (Phi) is 13.5. The smallest absolute Gasteiger partial charge is 1.00 e. The van der Waals surface area contributed by atoms with E-state index in [-0.39, 0.29) is 37.2 Å². The van der Waals surface area contributed by atoms with Gasteiger partial charge in [0.1, 0.15) is 0 Å². The minimum Gasteiger partial charge on any atom is -1.00 e. The molecule has 150 valence electrons. The van der Waals surface area contributed by atoms with Gasteiger partial charge in [0.05, 0.1) is 0 Å². The fourth-order valence-corrected chi connectivity index (χ4v) is 11.9. The van der Waals surface area contributed by atoms with Gasteiger partial charge in [-0.3, -0.25) is 0 Å². The number of benzene rings is 1. The average Bonchev–Trinajstić information content (AvgIpc) is 2.86. The predicted molar refractivity (Wildman–Crippen MR) is 106 cm³/mol. The Morgan fingerprint density at radius 1 is 1.04 bits per heavy atom. The van der Waals surface area contributed by atoms with E-state index in [9.17, 15) is 0 Å². The summed E-state index contributed by atoms with van der Waals surface area (Å²) in [6.07, 6.45) is 6.32. The summed E-state index contributed by atoms with van der Waals surface area (Å²) in [6, 6.07) is 6.19. The zero-order valence-electron chi connectivity index (χ0n) is 17.8. The fourth-order valence-electron chi connectivity index (χ4n) is 4.72. The molecule has 0 spiro atoms. The molecule has 0 aromatic heterocycles. The molecule has 5 heteroatoms. The van der Waals surface area contributed by atoms with Gasteiger partial charge in [0, 0.05) is 0 Å². The Morgan fingerprint density at radius 3 is 2.00 bits per heavy atom. The van der Waals surface area contributed by atoms with E-state index in [1.165, 1.54) is 42.0 Å². The molecular formula is C22H33Cl3SiTi. The van der Waals surface area contributed by atoms with Crippen molar-refractivity contribution < 1.29 is 57.7 Å². The Balaban J connectivity index is 0. The molecule has 1 atom stereocenters. The average molecular weight is 480 g/mol. The molecule has 0 amide bonds. The molecular weight excluding hydrogens is 447 g/mol. The van der Waals surface area contributed by atoms with Crippen LogP contribution in [0.4, 0.5) is 0 Å². The third kappa shape index (κ3) is 6.24. The third-order valence-corrected chi connectivity index (χ3v) is 11.6. The second kappa shape index (κ2) is 12.3. The summed E-state index contributed by atoms with van der Waals surface area (Å²) in [5.74, 6) is 0.636. The number of hydrogen-bond acceptors (Lipinski definition) is 0. The van der Waals surface area contributed by atoms with Gasteiger partial charge in [-0.05, 0) is 0 Å². The van der Waals surface area contributed by atoms with E-state index in [2.05, 4.69) is 86.7 Å². The van der Waals surface area contributed by atoms with Crippen molar-refractivity contribution >= 4 is 13.3 Å². The van der Waals surface area contributed by atoms with E-state index in [0.29, 0.717) is 5.92 Å². The molecule has 0 aliphatic heterocycles. The van der Waals surface area contributed by atoms with E-state index in [1.807, 2.05) is 0 Å². The van der Waals surface area contributed by atoms with Crippen LogP contribution < -0.4 is 42.4 Å². The maximum atomic E-state index is 2.65. The minimum atomic E-state index is -1.70. The summed E-state index contributed by atoms with van der Waals surface area (Å²) in [5.41, 5.74) is 6.09. The second-order valence-corrected chi connectivity index (χ2v) is 13.2. The molecule has 1 unspecified atom stereocenters. The van der Waals surface area contributed by atoms with E-state index in [4.69, 9.17) is 0 Å². The van der Waals surface area contributed by atoms with Gasteiger partial charge in [-0.2, -0.15) is 0 Å². The zero-order valence-corrected chi connectivity index (χ0v) is 22.6. The first-order valence-electron chi connectivity index (χ1n) is 9.46. The van der Waals surface area contributed by atoms with Gasteiger partial charge in [-0.1, -0.05) is 0 Å². The van der Waals surface area contributed by atoms with Crippen molar-refractivity contribution in [3.05, 3.63) is 49.5 Å². The topological polar surface area (TPSA) is 0 Å². The molecule has 2 rings (SSSR count). The summed E-state index contributed by atoms with van der Waals surface area (Å²) in [6.45, 7) is 16.6. The Hall–Kier alpha value is 0.501. The van der Waals surface area contributed by atoms with Crippen LogP contribution in [0.3, 0.4) is 0 Å². The SMILES string of the molecule is CCCC[Si](C)(C1=[C]([Ti+3])CC=C1C(C)C)c1c(C)cc(C)cc1C.[Cl-].[Cl-].[Cl-]. The Bertz CT molecular complexity index is 672. The van der Waals surface area contributed by atoms with Crippen LogP contribution in [0.15, 0.2) is 32.9 Å². The molecule has 0 heterocycles. The number of aryl methyl sites for hydroxylation is 3. The van der Waals surface area contributed by atoms with Crippen LogP contribution in [0.5, 0.6) is 0 Å². The quantitative estimate of drug-likeness (QED) is 0.383. The van der Waals surface area contributed by atoms with E-state index >= 15 is 0 Å². The van der Waals surface area contributed by atoms with Gasteiger partial charge >= 0.3 is 163 Å². The summed E-state index contributed by atoms with van der Waals surface area (Å²) < 4.78 is 1.64. The van der Waals surface area contributed by atoms with E-state index in [1.54, 1.807) is 19.8 Å². The monoisotopic (exact) mass is 478 g/mol. The van der Waals surface area contributed by atoms with Gasteiger partial charge < -0.3 is 37.2 Å². The predicted octanol–water partition coefficient (Wildman–Crippen LogP) is -2.96. The summed E-state index contributed by atoms with van der Waals surface area (Å²) >= 11 is 2.39. The van der Waals surface area contributed by atoms with Crippen molar-refractivity contribution in [3.8, 4) is 0 Å². The van der Waals surface area contributed by atoms with Gasteiger partial charge in [0.15, 0.2) is 0 Å². The van der Waals surface area contributed by atoms with Crippen molar-refractivity contribution in [3.63, 3.8) is 0 Å². The Labute approximate surface area is 198 Å². The van der Waals surface area contributed by atoms with Crippen LogP contribution in [0, 0.1) is 26.7 Å². The largest absolute Gasteiger partial charge is 1.00 e. The summed E-state index contributed by atoms with van der Waals surface area (Å²) in [4.78, 5) is 0. The van der Waals surface area contributed by atoms with Crippen LogP contribution in [0.1, 0.15) is 56.7 Å². The van der Waals surface area contributed by atoms with Crippen LogP contribution in [0.2, 0.25) is 12.6 Å². The first-order valence-corrected chi connectivity index (χ1v) is 12.9. The zero-order chi connectivity index (χ0) is 18.1. The molecule has 0 saturated carbocycles. The molecule has 0 fully saturated rings. The maximum Gasteiger partial charge on any atom is -1.00 e. The molecule has 1 aromatic rings. The van der Waals surface area contributed by atoms with Crippen LogP contribution in [0.25, 0.3) is 0 Å². The minimum absolute atomic E-state index is 0. The molecule has 0 nitrogen and oxygen atoms in total. The number of halogens is 3. The molecule has 0 N–H and O–H groups in total. The summed E-state index contributed by atoms with van der Waals surface area (Å²) in [5, 5.41) is 3.49. The van der Waals surface area contributed by atoms with Crippen molar-refractivity contribution in [1.29, 1.82) is 0 Å². The first kappa shape index (κ1) is 29.7. The van der Waals surface area contributed by atoms with Gasteiger partial charge in [-0.25, -0.2) is 0 Å². The molecule has 27 heavy (non-hydrogen) atoms. The first-order chi connectivity index (χ1) is 11.2. The molecule has 1 aliphatic carbocycles.